The minimum absolute atomic E-state index is 0.0944. The van der Waals surface area contributed by atoms with E-state index in [1.807, 2.05) is 12.1 Å². The summed E-state index contributed by atoms with van der Waals surface area (Å²) in [7, 11) is 0. The van der Waals surface area contributed by atoms with Gasteiger partial charge in [-0.2, -0.15) is 5.10 Å². The Labute approximate surface area is 147 Å². The van der Waals surface area contributed by atoms with Gasteiger partial charge in [0.25, 0.3) is 5.56 Å². The highest BCUT2D eigenvalue weighted by atomic mass is 16.1. The Balaban J connectivity index is 1.73. The van der Waals surface area contributed by atoms with E-state index < -0.39 is 0 Å². The van der Waals surface area contributed by atoms with Gasteiger partial charge in [0.05, 0.1) is 11.9 Å². The summed E-state index contributed by atoms with van der Waals surface area (Å²) < 4.78 is 1.77. The van der Waals surface area contributed by atoms with Crippen LogP contribution in [0.1, 0.15) is 56.8 Å². The fraction of sp³-hybridized carbons (Fsp3) is 0.450. The number of nitrogens with zero attached hydrogens (tertiary/aromatic N) is 3. The molecule has 0 spiro atoms. The fourth-order valence-corrected chi connectivity index (χ4v) is 3.74. The summed E-state index contributed by atoms with van der Waals surface area (Å²) in [6.45, 7) is 4.35. The highest BCUT2D eigenvalue weighted by molar-refractivity contribution is 5.75. The number of fused-ring (bicyclic) bond motifs is 1. The predicted molar refractivity (Wildman–Crippen MR) is 99.2 cm³/mol. The van der Waals surface area contributed by atoms with Crippen molar-refractivity contribution in [1.29, 1.82) is 0 Å². The molecule has 1 aliphatic carbocycles. The summed E-state index contributed by atoms with van der Waals surface area (Å²) in [6.07, 6.45) is 7.50. The van der Waals surface area contributed by atoms with Gasteiger partial charge < -0.3 is 4.98 Å². The van der Waals surface area contributed by atoms with E-state index >= 15 is 0 Å². The Hall–Kier alpha value is -2.43. The van der Waals surface area contributed by atoms with Crippen LogP contribution in [-0.2, 0) is 6.42 Å². The molecule has 0 aliphatic heterocycles. The molecule has 1 saturated carbocycles. The van der Waals surface area contributed by atoms with Gasteiger partial charge in [-0.3, -0.25) is 4.79 Å². The van der Waals surface area contributed by atoms with Crippen LogP contribution in [0.25, 0.3) is 16.7 Å². The molecule has 0 atom stereocenters. The predicted octanol–water partition coefficient (Wildman–Crippen LogP) is 3.96. The molecule has 4 rings (SSSR count). The van der Waals surface area contributed by atoms with Crippen LogP contribution in [-0.4, -0.2) is 19.7 Å². The Kier molecular flexibility index (Phi) is 4.15. The molecule has 1 aliphatic rings. The van der Waals surface area contributed by atoms with E-state index in [9.17, 15) is 4.79 Å². The molecule has 0 unspecified atom stereocenters. The number of nitrogens with one attached hydrogen (secondary N) is 1. The SMILES string of the molecule is CC(C)c1ccc(-n2ncc3c(=O)[nH]c(CC4CCCC4)nc32)cc1. The van der Waals surface area contributed by atoms with Gasteiger partial charge in [-0.25, -0.2) is 9.67 Å². The molecule has 1 aromatic carbocycles. The van der Waals surface area contributed by atoms with Gasteiger partial charge in [0.15, 0.2) is 5.65 Å². The summed E-state index contributed by atoms with van der Waals surface area (Å²) in [6, 6.07) is 8.31. The molecule has 25 heavy (non-hydrogen) atoms. The van der Waals surface area contributed by atoms with E-state index in [0.29, 0.717) is 22.9 Å². The van der Waals surface area contributed by atoms with Gasteiger partial charge in [0.2, 0.25) is 0 Å². The third-order valence-corrected chi connectivity index (χ3v) is 5.25. The Morgan fingerprint density at radius 2 is 1.92 bits per heavy atom. The van der Waals surface area contributed by atoms with Crippen molar-refractivity contribution < 1.29 is 0 Å². The first-order valence-electron chi connectivity index (χ1n) is 9.19. The largest absolute Gasteiger partial charge is 0.310 e. The number of aromatic nitrogens is 4. The first kappa shape index (κ1) is 16.1. The number of hydrogen-bond donors (Lipinski definition) is 1. The van der Waals surface area contributed by atoms with Crippen LogP contribution in [0.3, 0.4) is 0 Å². The van der Waals surface area contributed by atoms with Crippen LogP contribution >= 0.6 is 0 Å². The molecule has 2 aromatic heterocycles. The lowest BCUT2D eigenvalue weighted by atomic mass is 10.0. The Morgan fingerprint density at radius 1 is 1.20 bits per heavy atom. The topological polar surface area (TPSA) is 63.6 Å². The summed E-state index contributed by atoms with van der Waals surface area (Å²) in [5.74, 6) is 1.91. The second-order valence-electron chi connectivity index (χ2n) is 7.41. The number of rotatable bonds is 4. The van der Waals surface area contributed by atoms with E-state index in [1.165, 1.54) is 31.2 Å². The summed E-state index contributed by atoms with van der Waals surface area (Å²) in [5.41, 5.74) is 2.77. The van der Waals surface area contributed by atoms with E-state index in [4.69, 9.17) is 4.98 Å². The monoisotopic (exact) mass is 336 g/mol. The summed E-state index contributed by atoms with van der Waals surface area (Å²) >= 11 is 0. The first-order chi connectivity index (χ1) is 12.1. The van der Waals surface area contributed by atoms with E-state index in [-0.39, 0.29) is 5.56 Å². The van der Waals surface area contributed by atoms with Crippen molar-refractivity contribution in [2.24, 2.45) is 5.92 Å². The Morgan fingerprint density at radius 3 is 2.60 bits per heavy atom. The van der Waals surface area contributed by atoms with Gasteiger partial charge in [0, 0.05) is 6.42 Å². The summed E-state index contributed by atoms with van der Waals surface area (Å²) in [4.78, 5) is 20.1. The van der Waals surface area contributed by atoms with Gasteiger partial charge >= 0.3 is 0 Å². The van der Waals surface area contributed by atoms with Crippen LogP contribution in [0.2, 0.25) is 0 Å². The maximum atomic E-state index is 12.4. The smallest absolute Gasteiger partial charge is 0.262 e. The first-order valence-corrected chi connectivity index (χ1v) is 9.19. The zero-order valence-electron chi connectivity index (χ0n) is 14.8. The third-order valence-electron chi connectivity index (χ3n) is 5.25. The van der Waals surface area contributed by atoms with Crippen molar-refractivity contribution in [2.45, 2.75) is 51.9 Å². The molecule has 2 heterocycles. The molecule has 0 bridgehead atoms. The van der Waals surface area contributed by atoms with E-state index in [2.05, 4.69) is 36.1 Å². The standard InChI is InChI=1S/C20H24N4O/c1-13(2)15-7-9-16(10-8-15)24-19-17(12-21-24)20(25)23-18(22-19)11-14-5-3-4-6-14/h7-10,12-14H,3-6,11H2,1-2H3,(H,22,23,25). The zero-order valence-corrected chi connectivity index (χ0v) is 14.8. The Bertz CT molecular complexity index is 930. The maximum absolute atomic E-state index is 12.4. The van der Waals surface area contributed by atoms with Crippen molar-refractivity contribution in [3.05, 3.63) is 52.2 Å². The quantitative estimate of drug-likeness (QED) is 0.784. The number of aromatic amines is 1. The number of H-pyrrole nitrogens is 1. The second kappa shape index (κ2) is 6.47. The minimum atomic E-state index is -0.0944. The highest BCUT2D eigenvalue weighted by Crippen LogP contribution is 2.27. The van der Waals surface area contributed by atoms with Crippen LogP contribution in [0.5, 0.6) is 0 Å². The van der Waals surface area contributed by atoms with Crippen LogP contribution in [0.15, 0.2) is 35.3 Å². The molecule has 1 fully saturated rings. The molecule has 0 saturated heterocycles. The zero-order chi connectivity index (χ0) is 17.4. The maximum Gasteiger partial charge on any atom is 0.262 e. The average Bonchev–Trinajstić information content (AvgIpc) is 3.25. The molecular formula is C20H24N4O. The third kappa shape index (κ3) is 3.11. The van der Waals surface area contributed by atoms with Crippen molar-refractivity contribution in [1.82, 2.24) is 19.7 Å². The highest BCUT2D eigenvalue weighted by Gasteiger charge is 2.18. The average molecular weight is 336 g/mol. The van der Waals surface area contributed by atoms with E-state index in [0.717, 1.165) is 17.9 Å². The van der Waals surface area contributed by atoms with Gasteiger partial charge in [-0.1, -0.05) is 51.7 Å². The van der Waals surface area contributed by atoms with Crippen molar-refractivity contribution in [3.8, 4) is 5.69 Å². The molecule has 130 valence electrons. The van der Waals surface area contributed by atoms with Crippen molar-refractivity contribution >= 4 is 11.0 Å². The molecule has 5 nitrogen and oxygen atoms in total. The number of benzene rings is 1. The van der Waals surface area contributed by atoms with Crippen LogP contribution in [0.4, 0.5) is 0 Å². The summed E-state index contributed by atoms with van der Waals surface area (Å²) in [5, 5.41) is 4.95. The molecule has 0 radical (unpaired) electrons. The molecule has 3 aromatic rings. The molecule has 5 heteroatoms. The second-order valence-corrected chi connectivity index (χ2v) is 7.41. The van der Waals surface area contributed by atoms with Crippen molar-refractivity contribution in [2.75, 3.05) is 0 Å². The van der Waals surface area contributed by atoms with Gasteiger partial charge in [-0.15, -0.1) is 0 Å². The number of hydrogen-bond acceptors (Lipinski definition) is 3. The fourth-order valence-electron chi connectivity index (χ4n) is 3.74. The normalized spacial score (nSPS) is 15.5. The minimum Gasteiger partial charge on any atom is -0.310 e. The molecule has 0 amide bonds. The van der Waals surface area contributed by atoms with Crippen LogP contribution < -0.4 is 5.56 Å². The van der Waals surface area contributed by atoms with E-state index in [1.54, 1.807) is 10.9 Å². The molecule has 1 N–H and O–H groups in total. The van der Waals surface area contributed by atoms with Crippen molar-refractivity contribution in [3.63, 3.8) is 0 Å². The molecular weight excluding hydrogens is 312 g/mol. The lowest BCUT2D eigenvalue weighted by Gasteiger charge is -2.09. The van der Waals surface area contributed by atoms with Crippen LogP contribution in [0, 0.1) is 5.92 Å². The van der Waals surface area contributed by atoms with Gasteiger partial charge in [-0.05, 0) is 29.5 Å². The lowest BCUT2D eigenvalue weighted by molar-refractivity contribution is 0.530. The lowest BCUT2D eigenvalue weighted by Crippen LogP contribution is -2.14. The van der Waals surface area contributed by atoms with Gasteiger partial charge in [0.1, 0.15) is 11.2 Å².